The largest absolute Gasteiger partial charge is 0.456 e. The zero-order valence-electron chi connectivity index (χ0n) is 36.3. The zero-order chi connectivity index (χ0) is 45.9. The van der Waals surface area contributed by atoms with Gasteiger partial charge in [0, 0.05) is 98.1 Å². The molecule has 0 bridgehead atoms. The number of anilines is 2. The zero-order valence-corrected chi connectivity index (χ0v) is 38.7. The van der Waals surface area contributed by atoms with Gasteiger partial charge in [0.15, 0.2) is 0 Å². The van der Waals surface area contributed by atoms with Crippen LogP contribution in [0, 0.1) is 15.5 Å². The molecule has 2 atom stereocenters. The van der Waals surface area contributed by atoms with Crippen LogP contribution in [-0.4, -0.2) is 114 Å². The Kier molecular flexibility index (Phi) is 14.1. The molecule has 8 rings (SSSR count). The molecule has 2 fully saturated rings. The molecule has 2 aliphatic heterocycles. The van der Waals surface area contributed by atoms with E-state index in [0.29, 0.717) is 31.0 Å². The first-order valence-corrected chi connectivity index (χ1v) is 24.7. The minimum absolute atomic E-state index is 0.0388. The average Bonchev–Trinajstić information content (AvgIpc) is 3.78. The van der Waals surface area contributed by atoms with Gasteiger partial charge in [-0.15, -0.1) is 11.8 Å². The lowest BCUT2D eigenvalue weighted by atomic mass is 9.72. The number of carbonyl (C=O) groups is 1. The van der Waals surface area contributed by atoms with E-state index in [1.807, 2.05) is 30.3 Å². The molecule has 1 aromatic heterocycles. The second-order valence-corrected chi connectivity index (χ2v) is 20.9. The van der Waals surface area contributed by atoms with Crippen molar-refractivity contribution < 1.29 is 33.1 Å². The standard InChI is InChI=1S/C47H54ClN7O8S2/c1-47(2)17-15-32(38(29-47)31-7-9-33(48)10-8-31)30-52-21-23-53(24-22-52)34-11-13-37(43(27-34)63-42-6-3-5-39-36(42)16-19-50-39)44(56)51-65(61,62)35-12-14-40(41(28-35)55(59)60)49-18-4-20-54-25-26-64-46(58)45(54)57/h3,5-14,16,19,27-28,45-46,49-50,57-58H,4,15,17-18,20-26,29-30H2,1-2H3,(H,51,56). The van der Waals surface area contributed by atoms with E-state index in [4.69, 9.17) is 16.3 Å². The van der Waals surface area contributed by atoms with Gasteiger partial charge in [-0.2, -0.15) is 0 Å². The highest BCUT2D eigenvalue weighted by molar-refractivity contribution is 7.99. The van der Waals surface area contributed by atoms with Crippen molar-refractivity contribution in [2.45, 2.75) is 56.1 Å². The van der Waals surface area contributed by atoms with Crippen LogP contribution in [0.3, 0.4) is 0 Å². The van der Waals surface area contributed by atoms with Gasteiger partial charge in [-0.1, -0.05) is 49.2 Å². The van der Waals surface area contributed by atoms with Crippen molar-refractivity contribution >= 4 is 72.8 Å². The summed E-state index contributed by atoms with van der Waals surface area (Å²) in [4.78, 5) is 34.6. The lowest BCUT2D eigenvalue weighted by molar-refractivity contribution is -0.384. The van der Waals surface area contributed by atoms with E-state index in [9.17, 15) is 33.5 Å². The van der Waals surface area contributed by atoms with E-state index in [1.165, 1.54) is 40.6 Å². The molecule has 1 aliphatic carbocycles. The van der Waals surface area contributed by atoms with Crippen molar-refractivity contribution in [3.63, 3.8) is 0 Å². The van der Waals surface area contributed by atoms with Crippen molar-refractivity contribution in [2.75, 3.05) is 68.3 Å². The number of thioether (sulfide) groups is 1. The summed E-state index contributed by atoms with van der Waals surface area (Å²) in [5.41, 5.74) is 4.60. The summed E-state index contributed by atoms with van der Waals surface area (Å²) in [5, 5.41) is 36.8. The summed E-state index contributed by atoms with van der Waals surface area (Å²) in [6.07, 6.45) is 4.44. The van der Waals surface area contributed by atoms with Crippen LogP contribution in [-0.2, 0) is 10.0 Å². The van der Waals surface area contributed by atoms with E-state index in [0.717, 1.165) is 79.7 Å². The van der Waals surface area contributed by atoms with Crippen molar-refractivity contribution in [2.24, 2.45) is 5.41 Å². The number of fused-ring (bicyclic) bond motifs is 1. The van der Waals surface area contributed by atoms with E-state index >= 15 is 0 Å². The third-order valence-electron chi connectivity index (χ3n) is 12.5. The molecular formula is C47H54ClN7O8S2. The molecule has 0 radical (unpaired) electrons. The molecular weight excluding hydrogens is 890 g/mol. The molecule has 0 saturated carbocycles. The van der Waals surface area contributed by atoms with Crippen LogP contribution in [0.25, 0.3) is 16.5 Å². The molecule has 15 nitrogen and oxygen atoms in total. The minimum atomic E-state index is -4.60. The molecule has 3 aliphatic rings. The van der Waals surface area contributed by atoms with E-state index < -0.39 is 43.1 Å². The maximum Gasteiger partial charge on any atom is 0.293 e. The van der Waals surface area contributed by atoms with E-state index in [1.54, 1.807) is 35.4 Å². The highest BCUT2D eigenvalue weighted by Crippen LogP contribution is 2.44. The van der Waals surface area contributed by atoms with E-state index in [-0.39, 0.29) is 29.0 Å². The predicted molar refractivity (Wildman–Crippen MR) is 256 cm³/mol. The minimum Gasteiger partial charge on any atom is -0.456 e. The fourth-order valence-electron chi connectivity index (χ4n) is 8.80. The number of aliphatic hydroxyl groups is 2. The Morgan fingerprint density at radius 1 is 1.00 bits per heavy atom. The second-order valence-electron chi connectivity index (χ2n) is 17.5. The number of hydrogen-bond acceptors (Lipinski definition) is 13. The fraction of sp³-hybridized carbons (Fsp3) is 0.383. The lowest BCUT2D eigenvalue weighted by Crippen LogP contribution is -2.48. The number of aromatic amines is 1. The number of aliphatic hydroxyl groups excluding tert-OH is 2. The maximum absolute atomic E-state index is 14.0. The van der Waals surface area contributed by atoms with Gasteiger partial charge in [0.2, 0.25) is 0 Å². The smallest absolute Gasteiger partial charge is 0.293 e. The Labute approximate surface area is 388 Å². The Morgan fingerprint density at radius 2 is 1.78 bits per heavy atom. The number of hydrogen-bond donors (Lipinski definition) is 5. The van der Waals surface area contributed by atoms with Crippen LogP contribution < -0.4 is 19.7 Å². The number of nitrogens with zero attached hydrogens (tertiary/aromatic N) is 4. The molecule has 65 heavy (non-hydrogen) atoms. The van der Waals surface area contributed by atoms with Gasteiger partial charge in [0.05, 0.1) is 15.4 Å². The van der Waals surface area contributed by atoms with Gasteiger partial charge in [-0.3, -0.25) is 24.7 Å². The first kappa shape index (κ1) is 46.4. The monoisotopic (exact) mass is 943 g/mol. The third-order valence-corrected chi connectivity index (χ3v) is 15.0. The lowest BCUT2D eigenvalue weighted by Gasteiger charge is -2.39. The quantitative estimate of drug-likeness (QED) is 0.0387. The number of aromatic nitrogens is 1. The second kappa shape index (κ2) is 19.8. The van der Waals surface area contributed by atoms with E-state index in [2.05, 4.69) is 50.8 Å². The molecule has 344 valence electrons. The molecule has 5 aromatic rings. The summed E-state index contributed by atoms with van der Waals surface area (Å²) in [6.45, 7) is 9.91. The predicted octanol–water partition coefficient (Wildman–Crippen LogP) is 7.91. The number of nitro benzene ring substituents is 1. The number of sulfonamides is 1. The Hall–Kier alpha value is -5.14. The number of nitro groups is 1. The summed E-state index contributed by atoms with van der Waals surface area (Å²) in [7, 11) is -4.60. The summed E-state index contributed by atoms with van der Waals surface area (Å²) >= 11 is 7.52. The highest BCUT2D eigenvalue weighted by atomic mass is 35.5. The number of halogens is 1. The average molecular weight is 945 g/mol. The summed E-state index contributed by atoms with van der Waals surface area (Å²) in [5.74, 6) is 0.304. The molecule has 0 spiro atoms. The SMILES string of the molecule is CC1(C)CCC(CN2CCN(c3ccc(C(=O)NS(=O)(=O)c4ccc(NCCCN5CCSC(O)C5O)c([N+](=O)[O-])c4)c(Oc4cccc5[nH]ccc45)c3)CC2)=C(c2ccc(Cl)cc2)C1. The first-order valence-electron chi connectivity index (χ1n) is 21.8. The van der Waals surface area contributed by atoms with Crippen molar-refractivity contribution in [1.82, 2.24) is 19.5 Å². The number of benzene rings is 4. The van der Waals surface area contributed by atoms with Gasteiger partial charge < -0.3 is 30.2 Å². The number of nitrogens with one attached hydrogen (secondary N) is 3. The molecule has 2 unspecified atom stereocenters. The molecule has 18 heteroatoms. The van der Waals surface area contributed by atoms with Crippen LogP contribution in [0.2, 0.25) is 5.02 Å². The van der Waals surface area contributed by atoms with Crippen molar-refractivity contribution in [3.05, 3.63) is 123 Å². The molecule has 5 N–H and O–H groups in total. The number of allylic oxidation sites excluding steroid dienone is 1. The summed E-state index contributed by atoms with van der Waals surface area (Å²) in [6, 6.07) is 24.0. The van der Waals surface area contributed by atoms with Crippen LogP contribution >= 0.6 is 23.4 Å². The third kappa shape index (κ3) is 10.9. The van der Waals surface area contributed by atoms with Gasteiger partial charge in [0.25, 0.3) is 21.6 Å². The Morgan fingerprint density at radius 3 is 2.55 bits per heavy atom. The van der Waals surface area contributed by atoms with Gasteiger partial charge in [-0.05, 0) is 96.8 Å². The van der Waals surface area contributed by atoms with Gasteiger partial charge in [-0.25, -0.2) is 13.1 Å². The highest BCUT2D eigenvalue weighted by Gasteiger charge is 2.31. The summed E-state index contributed by atoms with van der Waals surface area (Å²) < 4.78 is 36.1. The van der Waals surface area contributed by atoms with Gasteiger partial charge >= 0.3 is 0 Å². The van der Waals surface area contributed by atoms with Crippen LogP contribution in [0.1, 0.15) is 55.5 Å². The molecule has 3 heterocycles. The number of rotatable bonds is 15. The Balaban J connectivity index is 0.979. The number of amides is 1. The fourth-order valence-corrected chi connectivity index (χ4v) is 10.8. The number of ether oxygens (including phenoxy) is 1. The Bertz CT molecular complexity index is 2690. The first-order chi connectivity index (χ1) is 31.1. The number of carbonyl (C=O) groups excluding carboxylic acids is 1. The number of H-pyrrole nitrogens is 1. The van der Waals surface area contributed by atoms with Gasteiger partial charge in [0.1, 0.15) is 28.9 Å². The number of piperazine rings is 1. The molecule has 4 aromatic carbocycles. The van der Waals surface area contributed by atoms with Crippen LogP contribution in [0.15, 0.2) is 102 Å². The molecule has 2 saturated heterocycles. The maximum atomic E-state index is 14.0. The van der Waals surface area contributed by atoms with Crippen LogP contribution in [0.4, 0.5) is 17.1 Å². The van der Waals surface area contributed by atoms with Crippen molar-refractivity contribution in [1.29, 1.82) is 0 Å². The normalized spacial score (nSPS) is 19.6. The van der Waals surface area contributed by atoms with Crippen molar-refractivity contribution in [3.8, 4) is 11.5 Å². The molecule has 1 amide bonds. The van der Waals surface area contributed by atoms with Crippen LogP contribution in [0.5, 0.6) is 11.5 Å². The topological polar surface area (TPSA) is 194 Å².